The zero-order valence-electron chi connectivity index (χ0n) is 15.8. The number of aryl methyl sites for hydroxylation is 2. The van der Waals surface area contributed by atoms with Crippen LogP contribution in [0.25, 0.3) is 5.78 Å². The standard InChI is InChI=1S/C20H24N6O/c1-3-17-13-18(22-20-23-21-14-26(17)20)24-8-10-25(11-9-24)19(27)12-16-6-4-15(2)5-7-16/h4-7,13-14H,3,8-12H2,1-2H3. The predicted molar refractivity (Wildman–Crippen MR) is 104 cm³/mol. The van der Waals surface area contributed by atoms with Gasteiger partial charge in [0.25, 0.3) is 5.78 Å². The van der Waals surface area contributed by atoms with Crippen LogP contribution in [-0.4, -0.2) is 56.6 Å². The third kappa shape index (κ3) is 3.63. The molecular weight excluding hydrogens is 340 g/mol. The molecule has 140 valence electrons. The van der Waals surface area contributed by atoms with Crippen molar-refractivity contribution in [2.75, 3.05) is 31.1 Å². The van der Waals surface area contributed by atoms with Crippen molar-refractivity contribution in [3.05, 3.63) is 53.5 Å². The van der Waals surface area contributed by atoms with Crippen molar-refractivity contribution >= 4 is 17.5 Å². The number of amides is 1. The molecule has 3 heterocycles. The molecule has 1 aliphatic rings. The van der Waals surface area contributed by atoms with Gasteiger partial charge >= 0.3 is 0 Å². The van der Waals surface area contributed by atoms with Crippen molar-refractivity contribution in [2.45, 2.75) is 26.7 Å². The lowest BCUT2D eigenvalue weighted by Gasteiger charge is -2.35. The van der Waals surface area contributed by atoms with Crippen LogP contribution in [-0.2, 0) is 17.6 Å². The smallest absolute Gasteiger partial charge is 0.256 e. The fourth-order valence-electron chi connectivity index (χ4n) is 3.47. The molecule has 4 rings (SSSR count). The Morgan fingerprint density at radius 3 is 2.56 bits per heavy atom. The molecule has 0 aliphatic carbocycles. The van der Waals surface area contributed by atoms with Crippen LogP contribution >= 0.6 is 0 Å². The van der Waals surface area contributed by atoms with Crippen LogP contribution in [0.1, 0.15) is 23.7 Å². The first-order valence-electron chi connectivity index (χ1n) is 9.42. The molecule has 0 atom stereocenters. The van der Waals surface area contributed by atoms with E-state index in [9.17, 15) is 4.79 Å². The zero-order valence-corrected chi connectivity index (χ0v) is 15.8. The van der Waals surface area contributed by atoms with Gasteiger partial charge in [0, 0.05) is 37.9 Å². The lowest BCUT2D eigenvalue weighted by atomic mass is 10.1. The van der Waals surface area contributed by atoms with Crippen molar-refractivity contribution < 1.29 is 4.79 Å². The highest BCUT2D eigenvalue weighted by atomic mass is 16.2. The van der Waals surface area contributed by atoms with Gasteiger partial charge in [-0.15, -0.1) is 10.2 Å². The van der Waals surface area contributed by atoms with Gasteiger partial charge in [-0.05, 0) is 18.9 Å². The number of anilines is 1. The van der Waals surface area contributed by atoms with E-state index in [1.54, 1.807) is 6.33 Å². The zero-order chi connectivity index (χ0) is 18.8. The quantitative estimate of drug-likeness (QED) is 0.707. The van der Waals surface area contributed by atoms with Gasteiger partial charge in [-0.3, -0.25) is 9.20 Å². The van der Waals surface area contributed by atoms with Crippen LogP contribution in [0, 0.1) is 6.92 Å². The van der Waals surface area contributed by atoms with Gasteiger partial charge < -0.3 is 9.80 Å². The minimum atomic E-state index is 0.189. The van der Waals surface area contributed by atoms with E-state index in [0.717, 1.165) is 36.6 Å². The van der Waals surface area contributed by atoms with Gasteiger partial charge in [0.05, 0.1) is 6.42 Å². The number of rotatable bonds is 4. The van der Waals surface area contributed by atoms with E-state index in [4.69, 9.17) is 0 Å². The molecule has 2 aromatic heterocycles. The minimum Gasteiger partial charge on any atom is -0.353 e. The summed E-state index contributed by atoms with van der Waals surface area (Å²) >= 11 is 0. The Hall–Kier alpha value is -2.96. The minimum absolute atomic E-state index is 0.189. The maximum absolute atomic E-state index is 12.6. The Morgan fingerprint density at radius 1 is 1.11 bits per heavy atom. The van der Waals surface area contributed by atoms with E-state index in [0.29, 0.717) is 25.3 Å². The number of piperazine rings is 1. The van der Waals surface area contributed by atoms with E-state index < -0.39 is 0 Å². The summed E-state index contributed by atoms with van der Waals surface area (Å²) in [5.41, 5.74) is 3.42. The van der Waals surface area contributed by atoms with E-state index >= 15 is 0 Å². The predicted octanol–water partition coefficient (Wildman–Crippen LogP) is 1.89. The molecule has 0 N–H and O–H groups in total. The SMILES string of the molecule is CCc1cc(N2CCN(C(=O)Cc3ccc(C)cc3)CC2)nc2nncn12. The van der Waals surface area contributed by atoms with Crippen LogP contribution in [0.4, 0.5) is 5.82 Å². The topological polar surface area (TPSA) is 66.6 Å². The number of carbonyl (C=O) groups excluding carboxylic acids is 1. The van der Waals surface area contributed by atoms with Crippen molar-refractivity contribution in [3.8, 4) is 0 Å². The molecular formula is C20H24N6O. The number of hydrogen-bond acceptors (Lipinski definition) is 5. The normalized spacial score (nSPS) is 14.7. The first-order valence-corrected chi connectivity index (χ1v) is 9.42. The van der Waals surface area contributed by atoms with E-state index in [1.165, 1.54) is 5.56 Å². The molecule has 0 spiro atoms. The highest BCUT2D eigenvalue weighted by molar-refractivity contribution is 5.79. The number of fused-ring (bicyclic) bond motifs is 1. The summed E-state index contributed by atoms with van der Waals surface area (Å²) in [6.45, 7) is 7.15. The van der Waals surface area contributed by atoms with Crippen LogP contribution in [0.3, 0.4) is 0 Å². The Labute approximate surface area is 158 Å². The molecule has 0 bridgehead atoms. The summed E-state index contributed by atoms with van der Waals surface area (Å²) in [5.74, 6) is 1.73. The number of nitrogens with zero attached hydrogens (tertiary/aromatic N) is 6. The Bertz CT molecular complexity index is 941. The van der Waals surface area contributed by atoms with Crippen LogP contribution in [0.2, 0.25) is 0 Å². The summed E-state index contributed by atoms with van der Waals surface area (Å²) in [4.78, 5) is 21.4. The number of hydrogen-bond donors (Lipinski definition) is 0. The molecule has 1 fully saturated rings. The van der Waals surface area contributed by atoms with Gasteiger partial charge in [-0.25, -0.2) is 0 Å². The first-order chi connectivity index (χ1) is 13.1. The van der Waals surface area contributed by atoms with Gasteiger partial charge in [-0.2, -0.15) is 4.98 Å². The van der Waals surface area contributed by atoms with Crippen molar-refractivity contribution in [2.24, 2.45) is 0 Å². The summed E-state index contributed by atoms with van der Waals surface area (Å²) in [5, 5.41) is 8.05. The summed E-state index contributed by atoms with van der Waals surface area (Å²) in [6, 6.07) is 10.3. The number of carbonyl (C=O) groups is 1. The van der Waals surface area contributed by atoms with E-state index in [2.05, 4.69) is 52.1 Å². The molecule has 0 saturated carbocycles. The molecule has 7 nitrogen and oxygen atoms in total. The molecule has 0 radical (unpaired) electrons. The van der Waals surface area contributed by atoms with Gasteiger partial charge in [0.1, 0.15) is 12.1 Å². The lowest BCUT2D eigenvalue weighted by molar-refractivity contribution is -0.130. The largest absolute Gasteiger partial charge is 0.353 e. The molecule has 1 aliphatic heterocycles. The number of benzene rings is 1. The van der Waals surface area contributed by atoms with Gasteiger partial charge in [0.15, 0.2) is 0 Å². The number of aromatic nitrogens is 4. The van der Waals surface area contributed by atoms with Gasteiger partial charge in [0.2, 0.25) is 5.91 Å². The fraction of sp³-hybridized carbons (Fsp3) is 0.400. The average molecular weight is 364 g/mol. The molecule has 7 heteroatoms. The molecule has 27 heavy (non-hydrogen) atoms. The maximum Gasteiger partial charge on any atom is 0.256 e. The van der Waals surface area contributed by atoms with Crippen LogP contribution in [0.5, 0.6) is 0 Å². The molecule has 1 saturated heterocycles. The molecule has 3 aromatic rings. The summed E-state index contributed by atoms with van der Waals surface area (Å²) < 4.78 is 1.92. The van der Waals surface area contributed by atoms with E-state index in [1.807, 2.05) is 21.4 Å². The highest BCUT2D eigenvalue weighted by Gasteiger charge is 2.23. The second kappa shape index (κ2) is 7.34. The Morgan fingerprint density at radius 2 is 1.85 bits per heavy atom. The molecule has 1 amide bonds. The van der Waals surface area contributed by atoms with E-state index in [-0.39, 0.29) is 5.91 Å². The van der Waals surface area contributed by atoms with Crippen molar-refractivity contribution in [1.82, 2.24) is 24.5 Å². The summed E-state index contributed by atoms with van der Waals surface area (Å²) in [6.07, 6.45) is 3.05. The van der Waals surface area contributed by atoms with Gasteiger partial charge in [-0.1, -0.05) is 36.8 Å². The molecule has 1 aromatic carbocycles. The average Bonchev–Trinajstić information content (AvgIpc) is 3.18. The second-order valence-corrected chi connectivity index (χ2v) is 6.99. The highest BCUT2D eigenvalue weighted by Crippen LogP contribution is 2.18. The van der Waals surface area contributed by atoms with Crippen molar-refractivity contribution in [3.63, 3.8) is 0 Å². The maximum atomic E-state index is 12.6. The third-order valence-electron chi connectivity index (χ3n) is 5.14. The van der Waals surface area contributed by atoms with Crippen molar-refractivity contribution in [1.29, 1.82) is 0 Å². The van der Waals surface area contributed by atoms with Crippen LogP contribution in [0.15, 0.2) is 36.7 Å². The first kappa shape index (κ1) is 17.5. The second-order valence-electron chi connectivity index (χ2n) is 6.99. The third-order valence-corrected chi connectivity index (χ3v) is 5.14. The lowest BCUT2D eigenvalue weighted by Crippen LogP contribution is -2.49. The summed E-state index contributed by atoms with van der Waals surface area (Å²) in [7, 11) is 0. The van der Waals surface area contributed by atoms with Crippen LogP contribution < -0.4 is 4.90 Å². The Balaban J connectivity index is 1.41. The fourth-order valence-corrected chi connectivity index (χ4v) is 3.47. The molecule has 0 unspecified atom stereocenters. The monoisotopic (exact) mass is 364 g/mol. The Kier molecular flexibility index (Phi) is 4.75.